The van der Waals surface area contributed by atoms with Crippen LogP contribution in [0, 0.1) is 5.92 Å². The van der Waals surface area contributed by atoms with E-state index in [1.165, 1.54) is 0 Å². The lowest BCUT2D eigenvalue weighted by Crippen LogP contribution is -2.45. The molecule has 1 amide bonds. The number of para-hydroxylation sites is 1. The average Bonchev–Trinajstić information content (AvgIpc) is 2.88. The number of aromatic nitrogens is 1. The van der Waals surface area contributed by atoms with Crippen molar-refractivity contribution in [1.29, 1.82) is 0 Å². The quantitative estimate of drug-likeness (QED) is 0.923. The lowest BCUT2D eigenvalue weighted by Gasteiger charge is -2.30. The summed E-state index contributed by atoms with van der Waals surface area (Å²) in [5.74, 6) is 0.258. The second kappa shape index (κ2) is 5.25. The fourth-order valence-corrected chi connectivity index (χ4v) is 3.30. The van der Waals surface area contributed by atoms with E-state index in [-0.39, 0.29) is 17.9 Å². The summed E-state index contributed by atoms with van der Waals surface area (Å²) < 4.78 is 0. The van der Waals surface area contributed by atoms with E-state index in [1.54, 1.807) is 17.5 Å². The highest BCUT2D eigenvalue weighted by Gasteiger charge is 2.33. The second-order valence-corrected chi connectivity index (χ2v) is 6.15. The minimum atomic E-state index is -0.200. The zero-order chi connectivity index (χ0) is 14.1. The maximum atomic E-state index is 12.5. The van der Waals surface area contributed by atoms with Gasteiger partial charge in [0.15, 0.2) is 5.13 Å². The Morgan fingerprint density at radius 1 is 1.40 bits per heavy atom. The number of amides is 1. The molecule has 3 rings (SSSR count). The Hall–Kier alpha value is -1.88. The van der Waals surface area contributed by atoms with Crippen LogP contribution in [-0.4, -0.2) is 16.9 Å². The molecule has 0 saturated heterocycles. The Kier molecular flexibility index (Phi) is 3.44. The van der Waals surface area contributed by atoms with Crippen molar-refractivity contribution < 1.29 is 4.79 Å². The molecule has 4 nitrogen and oxygen atoms in total. The van der Waals surface area contributed by atoms with Crippen LogP contribution in [0.1, 0.15) is 19.4 Å². The van der Waals surface area contributed by atoms with Gasteiger partial charge in [-0.25, -0.2) is 4.98 Å². The number of nitrogens with zero attached hydrogens (tertiary/aromatic N) is 2. The van der Waals surface area contributed by atoms with E-state index in [4.69, 9.17) is 0 Å². The fourth-order valence-electron chi connectivity index (χ4n) is 2.62. The van der Waals surface area contributed by atoms with Crippen LogP contribution in [-0.2, 0) is 11.3 Å². The van der Waals surface area contributed by atoms with Crippen molar-refractivity contribution in [3.8, 4) is 0 Å². The third kappa shape index (κ3) is 2.29. The molecule has 1 N–H and O–H groups in total. The van der Waals surface area contributed by atoms with E-state index >= 15 is 0 Å². The fraction of sp³-hybridized carbons (Fsp3) is 0.333. The van der Waals surface area contributed by atoms with Crippen LogP contribution in [0.3, 0.4) is 0 Å². The summed E-state index contributed by atoms with van der Waals surface area (Å²) in [7, 11) is 0. The number of hydrogen-bond acceptors (Lipinski definition) is 4. The molecule has 104 valence electrons. The molecule has 0 aliphatic carbocycles. The lowest BCUT2D eigenvalue weighted by molar-refractivity contribution is -0.118. The zero-order valence-corrected chi connectivity index (χ0v) is 12.4. The smallest absolute Gasteiger partial charge is 0.247 e. The minimum Gasteiger partial charge on any atom is -0.331 e. The first-order valence-electron chi connectivity index (χ1n) is 6.71. The Morgan fingerprint density at radius 2 is 2.20 bits per heavy atom. The third-order valence-corrected chi connectivity index (χ3v) is 4.33. The predicted molar refractivity (Wildman–Crippen MR) is 82.0 cm³/mol. The van der Waals surface area contributed by atoms with Crippen molar-refractivity contribution >= 4 is 28.1 Å². The Labute approximate surface area is 122 Å². The molecule has 1 aromatic heterocycles. The summed E-state index contributed by atoms with van der Waals surface area (Å²) in [4.78, 5) is 19.0. The van der Waals surface area contributed by atoms with E-state index < -0.39 is 0 Å². The van der Waals surface area contributed by atoms with Gasteiger partial charge in [0.25, 0.3) is 0 Å². The number of carbonyl (C=O) groups excluding carboxylic acids is 1. The zero-order valence-electron chi connectivity index (χ0n) is 11.5. The highest BCUT2D eigenvalue weighted by Crippen LogP contribution is 2.31. The normalized spacial score (nSPS) is 18.6. The molecule has 0 fully saturated rings. The Balaban J connectivity index is 2.06. The topological polar surface area (TPSA) is 45.2 Å². The SMILES string of the molecule is CC(C)C1C(=O)Nc2ccccc2CN1c1nccs1. The van der Waals surface area contributed by atoms with Crippen LogP contribution in [0.25, 0.3) is 0 Å². The van der Waals surface area contributed by atoms with Crippen LogP contribution in [0.5, 0.6) is 0 Å². The molecule has 5 heteroatoms. The van der Waals surface area contributed by atoms with Gasteiger partial charge in [0.2, 0.25) is 5.91 Å². The highest BCUT2D eigenvalue weighted by atomic mass is 32.1. The standard InChI is InChI=1S/C15H17N3OS/c1-10(2)13-14(19)17-12-6-4-3-5-11(12)9-18(13)15-16-7-8-20-15/h3-8,10,13H,9H2,1-2H3,(H,17,19). The number of fused-ring (bicyclic) bond motifs is 1. The van der Waals surface area contributed by atoms with Gasteiger partial charge in [-0.05, 0) is 17.5 Å². The van der Waals surface area contributed by atoms with Gasteiger partial charge in [-0.3, -0.25) is 4.79 Å². The summed E-state index contributed by atoms with van der Waals surface area (Å²) >= 11 is 1.57. The van der Waals surface area contributed by atoms with Crippen molar-refractivity contribution in [2.24, 2.45) is 5.92 Å². The average molecular weight is 287 g/mol. The molecule has 1 aliphatic heterocycles. The first-order chi connectivity index (χ1) is 9.66. The lowest BCUT2D eigenvalue weighted by atomic mass is 10.0. The van der Waals surface area contributed by atoms with Gasteiger partial charge in [-0.1, -0.05) is 32.0 Å². The first-order valence-corrected chi connectivity index (χ1v) is 7.59. The van der Waals surface area contributed by atoms with Crippen LogP contribution in [0.2, 0.25) is 0 Å². The van der Waals surface area contributed by atoms with Crippen molar-refractivity contribution in [3.63, 3.8) is 0 Å². The monoisotopic (exact) mass is 287 g/mol. The molecule has 0 bridgehead atoms. The number of nitrogens with one attached hydrogen (secondary N) is 1. The predicted octanol–water partition coefficient (Wildman–Crippen LogP) is 3.13. The van der Waals surface area contributed by atoms with Gasteiger partial charge in [0.05, 0.1) is 0 Å². The van der Waals surface area contributed by atoms with Crippen molar-refractivity contribution in [3.05, 3.63) is 41.4 Å². The van der Waals surface area contributed by atoms with Crippen LogP contribution < -0.4 is 10.2 Å². The molecule has 1 aliphatic rings. The number of carbonyl (C=O) groups is 1. The number of hydrogen-bond donors (Lipinski definition) is 1. The highest BCUT2D eigenvalue weighted by molar-refractivity contribution is 7.13. The summed E-state index contributed by atoms with van der Waals surface area (Å²) in [6.45, 7) is 4.84. The van der Waals surface area contributed by atoms with Crippen molar-refractivity contribution in [1.82, 2.24) is 4.98 Å². The molecule has 2 aromatic rings. The molecular formula is C15H17N3OS. The molecule has 0 spiro atoms. The first kappa shape index (κ1) is 13.1. The molecule has 2 heterocycles. The van der Waals surface area contributed by atoms with E-state index in [0.717, 1.165) is 16.4 Å². The van der Waals surface area contributed by atoms with Gasteiger partial charge >= 0.3 is 0 Å². The van der Waals surface area contributed by atoms with Crippen LogP contribution >= 0.6 is 11.3 Å². The summed E-state index contributed by atoms with van der Waals surface area (Å²) in [5, 5.41) is 5.89. The van der Waals surface area contributed by atoms with E-state index in [1.807, 2.05) is 23.6 Å². The van der Waals surface area contributed by atoms with E-state index in [0.29, 0.717) is 6.54 Å². The Bertz CT molecular complexity index is 609. The third-order valence-electron chi connectivity index (χ3n) is 3.52. The molecule has 0 radical (unpaired) electrons. The largest absolute Gasteiger partial charge is 0.331 e. The molecular weight excluding hydrogens is 270 g/mol. The van der Waals surface area contributed by atoms with Crippen LogP contribution in [0.15, 0.2) is 35.8 Å². The minimum absolute atomic E-state index is 0.0418. The summed E-state index contributed by atoms with van der Waals surface area (Å²) in [6.07, 6.45) is 1.78. The van der Waals surface area contributed by atoms with Crippen molar-refractivity contribution in [2.75, 3.05) is 10.2 Å². The van der Waals surface area contributed by atoms with Crippen molar-refractivity contribution in [2.45, 2.75) is 26.4 Å². The van der Waals surface area contributed by atoms with Gasteiger partial charge < -0.3 is 10.2 Å². The number of thiazole rings is 1. The van der Waals surface area contributed by atoms with Gasteiger partial charge in [0.1, 0.15) is 6.04 Å². The molecule has 1 unspecified atom stereocenters. The van der Waals surface area contributed by atoms with Gasteiger partial charge in [-0.2, -0.15) is 0 Å². The maximum absolute atomic E-state index is 12.5. The number of rotatable bonds is 2. The molecule has 1 aromatic carbocycles. The van der Waals surface area contributed by atoms with Gasteiger partial charge in [-0.15, -0.1) is 11.3 Å². The van der Waals surface area contributed by atoms with E-state index in [9.17, 15) is 4.79 Å². The van der Waals surface area contributed by atoms with Crippen LogP contribution in [0.4, 0.5) is 10.8 Å². The summed E-state index contributed by atoms with van der Waals surface area (Å²) in [6, 6.07) is 7.76. The van der Waals surface area contributed by atoms with E-state index in [2.05, 4.69) is 35.1 Å². The molecule has 1 atom stereocenters. The molecule has 0 saturated carbocycles. The number of anilines is 2. The molecule has 20 heavy (non-hydrogen) atoms. The maximum Gasteiger partial charge on any atom is 0.247 e. The van der Waals surface area contributed by atoms with Gasteiger partial charge in [0, 0.05) is 23.8 Å². The number of benzene rings is 1. The Morgan fingerprint density at radius 3 is 2.90 bits per heavy atom. The second-order valence-electron chi connectivity index (χ2n) is 5.28. The summed E-state index contributed by atoms with van der Waals surface area (Å²) in [5.41, 5.74) is 2.03.